The molecule has 1 aromatic carbocycles. The molecule has 1 aliphatic heterocycles. The number of amides is 3. The second-order valence-electron chi connectivity index (χ2n) is 4.63. The predicted molar refractivity (Wildman–Crippen MR) is 72.7 cm³/mol. The minimum Gasteiger partial charge on any atom is -0.354 e. The second-order valence-corrected chi connectivity index (χ2v) is 4.63. The van der Waals surface area contributed by atoms with Gasteiger partial charge in [0.1, 0.15) is 6.04 Å². The van der Waals surface area contributed by atoms with Gasteiger partial charge in [0.15, 0.2) is 0 Å². The molecule has 20 heavy (non-hydrogen) atoms. The van der Waals surface area contributed by atoms with Crippen molar-refractivity contribution in [2.24, 2.45) is 0 Å². The van der Waals surface area contributed by atoms with Gasteiger partial charge in [-0.15, -0.1) is 0 Å². The highest BCUT2D eigenvalue weighted by molar-refractivity contribution is 5.91. The molecule has 2 rings (SSSR count). The first kappa shape index (κ1) is 14.0. The minimum atomic E-state index is -0.657. The molecular formula is C14H17N3O3. The van der Waals surface area contributed by atoms with Gasteiger partial charge in [-0.3, -0.25) is 14.4 Å². The quantitative estimate of drug-likeness (QED) is 0.670. The molecule has 3 amide bonds. The Kier molecular flexibility index (Phi) is 4.70. The van der Waals surface area contributed by atoms with Gasteiger partial charge in [-0.2, -0.15) is 0 Å². The van der Waals surface area contributed by atoms with E-state index in [-0.39, 0.29) is 37.2 Å². The molecule has 1 aromatic rings. The molecule has 0 radical (unpaired) electrons. The van der Waals surface area contributed by atoms with Crippen molar-refractivity contribution in [3.8, 4) is 0 Å². The van der Waals surface area contributed by atoms with E-state index < -0.39 is 6.04 Å². The normalized spacial score (nSPS) is 20.6. The summed E-state index contributed by atoms with van der Waals surface area (Å²) < 4.78 is 0. The minimum absolute atomic E-state index is 0.0695. The molecule has 0 saturated carbocycles. The van der Waals surface area contributed by atoms with E-state index in [2.05, 4.69) is 16.0 Å². The third-order valence-electron chi connectivity index (χ3n) is 3.03. The smallest absolute Gasteiger partial charge is 0.243 e. The molecule has 0 bridgehead atoms. The third kappa shape index (κ3) is 4.08. The Bertz CT molecular complexity index is 502. The number of rotatable bonds is 2. The first-order valence-electron chi connectivity index (χ1n) is 6.53. The average Bonchev–Trinajstić information content (AvgIpc) is 2.44. The summed E-state index contributed by atoms with van der Waals surface area (Å²) in [5.41, 5.74) is 0.953. The maximum absolute atomic E-state index is 12.0. The number of hydrogen-bond acceptors (Lipinski definition) is 3. The molecule has 6 heteroatoms. The van der Waals surface area contributed by atoms with Crippen molar-refractivity contribution in [3.05, 3.63) is 35.9 Å². The summed E-state index contributed by atoms with van der Waals surface area (Å²) in [6, 6.07) is 8.78. The zero-order valence-corrected chi connectivity index (χ0v) is 11.0. The lowest BCUT2D eigenvalue weighted by Crippen LogP contribution is -2.52. The monoisotopic (exact) mass is 275 g/mol. The van der Waals surface area contributed by atoms with Crippen LogP contribution in [0.5, 0.6) is 0 Å². The summed E-state index contributed by atoms with van der Waals surface area (Å²) in [6.07, 6.45) is 0.574. The topological polar surface area (TPSA) is 87.3 Å². The van der Waals surface area contributed by atoms with E-state index in [0.29, 0.717) is 6.42 Å². The summed E-state index contributed by atoms with van der Waals surface area (Å²) in [5.74, 6) is -0.881. The van der Waals surface area contributed by atoms with Crippen LogP contribution in [-0.4, -0.2) is 36.9 Å². The molecular weight excluding hydrogens is 258 g/mol. The van der Waals surface area contributed by atoms with Crippen molar-refractivity contribution in [1.29, 1.82) is 0 Å². The molecule has 0 aliphatic carbocycles. The van der Waals surface area contributed by atoms with Gasteiger partial charge in [0, 0.05) is 19.4 Å². The van der Waals surface area contributed by atoms with Crippen molar-refractivity contribution in [1.82, 2.24) is 16.0 Å². The summed E-state index contributed by atoms with van der Waals surface area (Å²) >= 11 is 0. The van der Waals surface area contributed by atoms with Crippen LogP contribution in [0.15, 0.2) is 30.3 Å². The highest BCUT2D eigenvalue weighted by atomic mass is 16.2. The van der Waals surface area contributed by atoms with E-state index in [4.69, 9.17) is 0 Å². The zero-order chi connectivity index (χ0) is 14.4. The van der Waals surface area contributed by atoms with Crippen LogP contribution in [0, 0.1) is 0 Å². The highest BCUT2D eigenvalue weighted by Crippen LogP contribution is 2.04. The lowest BCUT2D eigenvalue weighted by atomic mass is 10.0. The van der Waals surface area contributed by atoms with Crippen LogP contribution < -0.4 is 16.0 Å². The van der Waals surface area contributed by atoms with E-state index in [1.165, 1.54) is 0 Å². The molecule has 1 aliphatic rings. The van der Waals surface area contributed by atoms with E-state index in [0.717, 1.165) is 5.56 Å². The van der Waals surface area contributed by atoms with Gasteiger partial charge in [0.05, 0.1) is 6.54 Å². The van der Waals surface area contributed by atoms with Crippen LogP contribution in [0.3, 0.4) is 0 Å². The Balaban J connectivity index is 2.08. The zero-order valence-electron chi connectivity index (χ0n) is 11.0. The largest absolute Gasteiger partial charge is 0.354 e. The fourth-order valence-corrected chi connectivity index (χ4v) is 1.99. The number of hydrogen-bond donors (Lipinski definition) is 3. The van der Waals surface area contributed by atoms with Crippen LogP contribution in [0.2, 0.25) is 0 Å². The fourth-order valence-electron chi connectivity index (χ4n) is 1.99. The fraction of sp³-hybridized carbons (Fsp3) is 0.357. The Morgan fingerprint density at radius 2 is 1.75 bits per heavy atom. The highest BCUT2D eigenvalue weighted by Gasteiger charge is 2.22. The molecule has 6 nitrogen and oxygen atoms in total. The number of carbonyl (C=O) groups excluding carboxylic acids is 3. The van der Waals surface area contributed by atoms with Gasteiger partial charge >= 0.3 is 0 Å². The van der Waals surface area contributed by atoms with Gasteiger partial charge in [-0.05, 0) is 5.56 Å². The molecule has 1 fully saturated rings. The summed E-state index contributed by atoms with van der Waals surface area (Å²) in [7, 11) is 0. The summed E-state index contributed by atoms with van der Waals surface area (Å²) in [6.45, 7) is 0.207. The lowest BCUT2D eigenvalue weighted by molar-refractivity contribution is -0.131. The van der Waals surface area contributed by atoms with E-state index in [9.17, 15) is 14.4 Å². The molecule has 3 N–H and O–H groups in total. The standard InChI is InChI=1S/C14H17N3O3/c18-12-6-7-15-13(19)9-16-14(20)11(17-12)8-10-4-2-1-3-5-10/h1-5,11H,6-9H2,(H,15,19)(H,16,20)(H,17,18). The van der Waals surface area contributed by atoms with Gasteiger partial charge in [-0.1, -0.05) is 30.3 Å². The van der Waals surface area contributed by atoms with Crippen LogP contribution in [-0.2, 0) is 20.8 Å². The molecule has 0 aromatic heterocycles. The number of carbonyl (C=O) groups is 3. The van der Waals surface area contributed by atoms with Crippen LogP contribution >= 0.6 is 0 Å². The van der Waals surface area contributed by atoms with E-state index >= 15 is 0 Å². The first-order chi connectivity index (χ1) is 9.65. The van der Waals surface area contributed by atoms with Crippen molar-refractivity contribution >= 4 is 17.7 Å². The van der Waals surface area contributed by atoms with E-state index in [1.807, 2.05) is 30.3 Å². The Morgan fingerprint density at radius 3 is 2.50 bits per heavy atom. The second kappa shape index (κ2) is 6.70. The van der Waals surface area contributed by atoms with Gasteiger partial charge in [0.25, 0.3) is 0 Å². The van der Waals surface area contributed by atoms with Gasteiger partial charge in [0.2, 0.25) is 17.7 Å². The summed E-state index contributed by atoms with van der Waals surface area (Å²) in [4.78, 5) is 35.1. The van der Waals surface area contributed by atoms with Crippen LogP contribution in [0.4, 0.5) is 0 Å². The molecule has 1 unspecified atom stereocenters. The lowest BCUT2D eigenvalue weighted by Gasteiger charge is -2.20. The molecule has 106 valence electrons. The van der Waals surface area contributed by atoms with Crippen molar-refractivity contribution in [2.75, 3.05) is 13.1 Å². The molecule has 0 spiro atoms. The summed E-state index contributed by atoms with van der Waals surface area (Å²) in [5, 5.41) is 7.78. The molecule has 1 heterocycles. The predicted octanol–water partition coefficient (Wildman–Crippen LogP) is -0.650. The van der Waals surface area contributed by atoms with Crippen molar-refractivity contribution < 1.29 is 14.4 Å². The maximum Gasteiger partial charge on any atom is 0.243 e. The van der Waals surface area contributed by atoms with E-state index in [1.54, 1.807) is 0 Å². The third-order valence-corrected chi connectivity index (χ3v) is 3.03. The number of nitrogens with one attached hydrogen (secondary N) is 3. The van der Waals surface area contributed by atoms with Crippen LogP contribution in [0.1, 0.15) is 12.0 Å². The van der Waals surface area contributed by atoms with Gasteiger partial charge < -0.3 is 16.0 Å². The number of benzene rings is 1. The van der Waals surface area contributed by atoms with Crippen molar-refractivity contribution in [2.45, 2.75) is 18.9 Å². The SMILES string of the molecule is O=C1CNC(=O)C(Cc2ccccc2)NC(=O)CCN1. The van der Waals surface area contributed by atoms with Crippen LogP contribution in [0.25, 0.3) is 0 Å². The van der Waals surface area contributed by atoms with Gasteiger partial charge in [-0.25, -0.2) is 0 Å². The molecule has 1 saturated heterocycles. The molecule has 1 atom stereocenters. The Morgan fingerprint density at radius 1 is 1.00 bits per heavy atom. The van der Waals surface area contributed by atoms with Crippen molar-refractivity contribution in [3.63, 3.8) is 0 Å². The Hall–Kier alpha value is -2.37. The first-order valence-corrected chi connectivity index (χ1v) is 6.53. The average molecular weight is 275 g/mol. The maximum atomic E-state index is 12.0. The Labute approximate surface area is 116 Å².